The van der Waals surface area contributed by atoms with Gasteiger partial charge in [0.25, 0.3) is 0 Å². The molecule has 6 heteroatoms. The first-order chi connectivity index (χ1) is 10.0. The van der Waals surface area contributed by atoms with Crippen LogP contribution in [0.4, 0.5) is 0 Å². The van der Waals surface area contributed by atoms with E-state index in [-0.39, 0.29) is 24.2 Å². The third-order valence-corrected chi connectivity index (χ3v) is 3.69. The molecule has 0 radical (unpaired) electrons. The highest BCUT2D eigenvalue weighted by molar-refractivity contribution is 5.89. The molecule has 1 aliphatic heterocycles. The van der Waals surface area contributed by atoms with Gasteiger partial charge in [0.05, 0.1) is 19.1 Å². The average molecular weight is 294 g/mol. The first-order valence-electron chi connectivity index (χ1n) is 7.08. The van der Waals surface area contributed by atoms with E-state index < -0.39 is 0 Å². The van der Waals surface area contributed by atoms with Gasteiger partial charge < -0.3 is 19.0 Å². The summed E-state index contributed by atoms with van der Waals surface area (Å²) in [5.41, 5.74) is 0. The van der Waals surface area contributed by atoms with Crippen LogP contribution < -0.4 is 0 Å². The topological polar surface area (TPSA) is 63.0 Å². The quantitative estimate of drug-likeness (QED) is 0.786. The zero-order valence-corrected chi connectivity index (χ0v) is 12.8. The summed E-state index contributed by atoms with van der Waals surface area (Å²) in [5.74, 6) is 1.32. The number of furan rings is 1. The average Bonchev–Trinajstić information content (AvgIpc) is 3.02. The maximum Gasteiger partial charge on any atom is 0.228 e. The maximum atomic E-state index is 12.4. The van der Waals surface area contributed by atoms with Crippen LogP contribution in [0.2, 0.25) is 0 Å². The molecule has 0 bridgehead atoms. The number of methoxy groups -OCH3 is 1. The Labute approximate surface area is 124 Å². The molecule has 0 saturated carbocycles. The molecule has 21 heavy (non-hydrogen) atoms. The monoisotopic (exact) mass is 294 g/mol. The second kappa shape index (κ2) is 6.76. The number of carbonyl (C=O) groups is 2. The molecule has 1 aromatic rings. The molecule has 1 aromatic heterocycles. The Morgan fingerprint density at radius 2 is 2.29 bits per heavy atom. The predicted octanol–water partition coefficient (Wildman–Crippen LogP) is 1.04. The van der Waals surface area contributed by atoms with Crippen LogP contribution >= 0.6 is 0 Å². The highest BCUT2D eigenvalue weighted by Gasteiger charge is 2.35. The van der Waals surface area contributed by atoms with Crippen LogP contribution in [0.25, 0.3) is 0 Å². The number of carbonyl (C=O) groups excluding carboxylic acids is 2. The third kappa shape index (κ3) is 3.85. The Morgan fingerprint density at radius 3 is 2.90 bits per heavy atom. The molecule has 1 aliphatic rings. The maximum absolute atomic E-state index is 12.4. The molecule has 2 heterocycles. The number of nitrogens with zero attached hydrogens (tertiary/aromatic N) is 2. The van der Waals surface area contributed by atoms with E-state index in [0.717, 1.165) is 11.5 Å². The highest BCUT2D eigenvalue weighted by atomic mass is 16.5. The minimum absolute atomic E-state index is 0.0164. The number of hydrogen-bond acceptors (Lipinski definition) is 4. The van der Waals surface area contributed by atoms with E-state index in [1.807, 2.05) is 19.1 Å². The standard InChI is InChI=1S/C15H22N2O4/c1-11-4-5-13(21-11)10-16(2)15(19)12-8-14(18)17(9-12)6-7-20-3/h4-5,12H,6-10H2,1-3H3. The van der Waals surface area contributed by atoms with Crippen molar-refractivity contribution in [1.29, 1.82) is 0 Å². The predicted molar refractivity (Wildman–Crippen MR) is 76.5 cm³/mol. The molecule has 0 aromatic carbocycles. The van der Waals surface area contributed by atoms with Crippen molar-refractivity contribution in [3.8, 4) is 0 Å². The van der Waals surface area contributed by atoms with Crippen molar-refractivity contribution in [3.05, 3.63) is 23.7 Å². The SMILES string of the molecule is COCCN1CC(C(=O)N(C)Cc2ccc(C)o2)CC1=O. The van der Waals surface area contributed by atoms with Crippen LogP contribution in [-0.4, -0.2) is 55.5 Å². The number of hydrogen-bond donors (Lipinski definition) is 0. The van der Waals surface area contributed by atoms with Gasteiger partial charge >= 0.3 is 0 Å². The van der Waals surface area contributed by atoms with Crippen molar-refractivity contribution in [2.75, 3.05) is 33.9 Å². The van der Waals surface area contributed by atoms with Crippen LogP contribution in [-0.2, 0) is 20.9 Å². The molecule has 0 spiro atoms. The Bertz CT molecular complexity index is 512. The first-order valence-corrected chi connectivity index (χ1v) is 7.08. The van der Waals surface area contributed by atoms with Crippen molar-refractivity contribution in [2.45, 2.75) is 19.9 Å². The minimum Gasteiger partial charge on any atom is -0.464 e. The zero-order chi connectivity index (χ0) is 15.4. The van der Waals surface area contributed by atoms with Gasteiger partial charge in [-0.2, -0.15) is 0 Å². The molecule has 2 rings (SSSR count). The second-order valence-electron chi connectivity index (χ2n) is 5.44. The largest absolute Gasteiger partial charge is 0.464 e. The van der Waals surface area contributed by atoms with E-state index in [2.05, 4.69) is 0 Å². The molecular weight excluding hydrogens is 272 g/mol. The summed E-state index contributed by atoms with van der Waals surface area (Å²) in [6.45, 7) is 3.81. The van der Waals surface area contributed by atoms with Gasteiger partial charge in [-0.3, -0.25) is 9.59 Å². The van der Waals surface area contributed by atoms with E-state index in [1.54, 1.807) is 24.0 Å². The number of ether oxygens (including phenoxy) is 1. The van der Waals surface area contributed by atoms with Crippen molar-refractivity contribution in [3.63, 3.8) is 0 Å². The van der Waals surface area contributed by atoms with E-state index in [4.69, 9.17) is 9.15 Å². The molecule has 1 unspecified atom stereocenters. The first kappa shape index (κ1) is 15.6. The van der Waals surface area contributed by atoms with Gasteiger partial charge in [0.15, 0.2) is 0 Å². The van der Waals surface area contributed by atoms with Gasteiger partial charge in [-0.25, -0.2) is 0 Å². The summed E-state index contributed by atoms with van der Waals surface area (Å²) in [6.07, 6.45) is 0.282. The Kier molecular flexibility index (Phi) is 5.01. The van der Waals surface area contributed by atoms with Gasteiger partial charge in [0.2, 0.25) is 11.8 Å². The minimum atomic E-state index is -0.268. The summed E-state index contributed by atoms with van der Waals surface area (Å²) in [6, 6.07) is 3.74. The van der Waals surface area contributed by atoms with E-state index >= 15 is 0 Å². The summed E-state index contributed by atoms with van der Waals surface area (Å²) in [5, 5.41) is 0. The fourth-order valence-corrected chi connectivity index (χ4v) is 2.55. The van der Waals surface area contributed by atoms with Crippen LogP contribution in [0, 0.1) is 12.8 Å². The lowest BCUT2D eigenvalue weighted by Crippen LogP contribution is -2.35. The normalized spacial score (nSPS) is 18.3. The molecule has 0 aliphatic carbocycles. The van der Waals surface area contributed by atoms with Gasteiger partial charge in [-0.15, -0.1) is 0 Å². The molecule has 116 valence electrons. The van der Waals surface area contributed by atoms with Crippen molar-refractivity contribution in [1.82, 2.24) is 9.80 Å². The summed E-state index contributed by atoms with van der Waals surface area (Å²) in [7, 11) is 3.34. The molecule has 2 amide bonds. The van der Waals surface area contributed by atoms with Crippen molar-refractivity contribution >= 4 is 11.8 Å². The summed E-state index contributed by atoms with van der Waals surface area (Å²) in [4.78, 5) is 27.6. The van der Waals surface area contributed by atoms with Gasteiger partial charge in [0.1, 0.15) is 11.5 Å². The lowest BCUT2D eigenvalue weighted by molar-refractivity contribution is -0.135. The Hall–Kier alpha value is -1.82. The van der Waals surface area contributed by atoms with Crippen LogP contribution in [0.1, 0.15) is 17.9 Å². The number of aryl methyl sites for hydroxylation is 1. The fraction of sp³-hybridized carbons (Fsp3) is 0.600. The number of amides is 2. The van der Waals surface area contributed by atoms with E-state index in [0.29, 0.717) is 26.2 Å². The van der Waals surface area contributed by atoms with Gasteiger partial charge in [0, 0.05) is 33.7 Å². The highest BCUT2D eigenvalue weighted by Crippen LogP contribution is 2.20. The van der Waals surface area contributed by atoms with E-state index in [9.17, 15) is 9.59 Å². The molecule has 6 nitrogen and oxygen atoms in total. The Morgan fingerprint density at radius 1 is 1.52 bits per heavy atom. The lowest BCUT2D eigenvalue weighted by atomic mass is 10.1. The van der Waals surface area contributed by atoms with E-state index in [1.165, 1.54) is 0 Å². The molecule has 0 N–H and O–H groups in total. The molecule has 1 saturated heterocycles. The summed E-state index contributed by atoms with van der Waals surface area (Å²) >= 11 is 0. The van der Waals surface area contributed by atoms with Crippen LogP contribution in [0.5, 0.6) is 0 Å². The number of rotatable bonds is 6. The molecule has 1 fully saturated rings. The summed E-state index contributed by atoms with van der Waals surface area (Å²) < 4.78 is 10.4. The van der Waals surface area contributed by atoms with Gasteiger partial charge in [-0.1, -0.05) is 0 Å². The second-order valence-corrected chi connectivity index (χ2v) is 5.44. The number of likely N-dealkylation sites (tertiary alicyclic amines) is 1. The zero-order valence-electron chi connectivity index (χ0n) is 12.8. The van der Waals surface area contributed by atoms with Crippen LogP contribution in [0.3, 0.4) is 0 Å². The van der Waals surface area contributed by atoms with Crippen LogP contribution in [0.15, 0.2) is 16.5 Å². The smallest absolute Gasteiger partial charge is 0.228 e. The fourth-order valence-electron chi connectivity index (χ4n) is 2.55. The molecular formula is C15H22N2O4. The van der Waals surface area contributed by atoms with Crippen molar-refractivity contribution < 1.29 is 18.7 Å². The molecule has 1 atom stereocenters. The lowest BCUT2D eigenvalue weighted by Gasteiger charge is -2.20. The Balaban J connectivity index is 1.89. The van der Waals surface area contributed by atoms with Crippen molar-refractivity contribution in [2.24, 2.45) is 5.92 Å². The third-order valence-electron chi connectivity index (χ3n) is 3.69. The van der Waals surface area contributed by atoms with Gasteiger partial charge in [-0.05, 0) is 19.1 Å².